The van der Waals surface area contributed by atoms with Gasteiger partial charge >= 0.3 is 0 Å². The van der Waals surface area contributed by atoms with Crippen LogP contribution in [0.2, 0.25) is 0 Å². The molecule has 0 spiro atoms. The molecular weight excluding hydrogens is 338 g/mol. The number of likely N-dealkylation sites (tertiary alicyclic amines) is 1. The summed E-state index contributed by atoms with van der Waals surface area (Å²) in [5, 5.41) is 1.26. The molecule has 2 aliphatic rings. The predicted octanol–water partition coefficient (Wildman–Crippen LogP) is 1.68. The third-order valence-electron chi connectivity index (χ3n) is 6.01. The minimum Gasteiger partial charge on any atom is -0.346 e. The highest BCUT2D eigenvalue weighted by molar-refractivity contribution is 5.82. The third kappa shape index (κ3) is 4.18. The molecule has 2 fully saturated rings. The Morgan fingerprint density at radius 2 is 2.11 bits per heavy atom. The molecule has 146 valence electrons. The normalized spacial score (nSPS) is 26.5. The molecule has 6 heteroatoms. The molecule has 4 rings (SSSR count). The van der Waals surface area contributed by atoms with Gasteiger partial charge in [0.1, 0.15) is 6.04 Å². The van der Waals surface area contributed by atoms with Crippen molar-refractivity contribution in [3.8, 4) is 0 Å². The second-order valence-corrected chi connectivity index (χ2v) is 8.29. The van der Waals surface area contributed by atoms with Crippen LogP contribution in [0.15, 0.2) is 36.5 Å². The van der Waals surface area contributed by atoms with Crippen molar-refractivity contribution < 1.29 is 4.79 Å². The minimum atomic E-state index is -0.136. The van der Waals surface area contributed by atoms with E-state index >= 15 is 0 Å². The molecule has 2 aliphatic heterocycles. The van der Waals surface area contributed by atoms with Crippen LogP contribution in [0.4, 0.5) is 0 Å². The number of amides is 1. The van der Waals surface area contributed by atoms with Crippen LogP contribution in [0.5, 0.6) is 0 Å². The molecule has 3 atom stereocenters. The Balaban J connectivity index is 1.31. The second-order valence-electron chi connectivity index (χ2n) is 8.29. The van der Waals surface area contributed by atoms with Gasteiger partial charge in [-0.05, 0) is 56.3 Å². The van der Waals surface area contributed by atoms with Gasteiger partial charge in [0.25, 0.3) is 0 Å². The van der Waals surface area contributed by atoms with Gasteiger partial charge in [-0.25, -0.2) is 5.43 Å². The molecule has 0 aliphatic carbocycles. The van der Waals surface area contributed by atoms with Crippen LogP contribution in [0.25, 0.3) is 10.9 Å². The lowest BCUT2D eigenvalue weighted by atomic mass is 9.97. The average molecular weight is 370 g/mol. The van der Waals surface area contributed by atoms with E-state index in [4.69, 9.17) is 0 Å². The Labute approximate surface area is 161 Å². The largest absolute Gasteiger partial charge is 0.346 e. The number of benzene rings is 1. The number of hydrogen-bond donors (Lipinski definition) is 2. The number of hydrogen-bond acceptors (Lipinski definition) is 4. The summed E-state index contributed by atoms with van der Waals surface area (Å²) in [6.07, 6.45) is 5.41. The highest BCUT2D eigenvalue weighted by atomic mass is 16.2. The van der Waals surface area contributed by atoms with E-state index in [1.54, 1.807) is 0 Å². The summed E-state index contributed by atoms with van der Waals surface area (Å²) in [6.45, 7) is 3.99. The number of aromatic nitrogens is 1. The first-order chi connectivity index (χ1) is 13.1. The molecule has 27 heavy (non-hydrogen) atoms. The quantitative estimate of drug-likeness (QED) is 0.842. The number of rotatable bonds is 5. The molecule has 0 bridgehead atoms. The molecular formula is C21H31N5O. The van der Waals surface area contributed by atoms with Crippen LogP contribution in [-0.2, 0) is 11.3 Å². The molecule has 0 saturated carbocycles. The van der Waals surface area contributed by atoms with Crippen molar-refractivity contribution in [2.45, 2.75) is 37.9 Å². The van der Waals surface area contributed by atoms with Gasteiger partial charge in [-0.15, -0.1) is 0 Å². The first-order valence-corrected chi connectivity index (χ1v) is 10.1. The lowest BCUT2D eigenvalue weighted by Crippen LogP contribution is -2.47. The summed E-state index contributed by atoms with van der Waals surface area (Å²) in [6, 6.07) is 10.7. The van der Waals surface area contributed by atoms with Crippen molar-refractivity contribution in [2.75, 3.05) is 33.7 Å². The fourth-order valence-electron chi connectivity index (χ4n) is 4.61. The summed E-state index contributed by atoms with van der Waals surface area (Å²) < 4.78 is 2.27. The standard InChI is InChI=1S/C21H31N5O/c1-24-10-5-6-16(13-24)14-25(2)21(27)19-12-18(22-23-19)15-26-11-9-17-7-3-4-8-20(17)26/h3-4,7-9,11,16,18-19,22-23H,5-6,10,12-15H2,1-2H3. The minimum absolute atomic E-state index is 0.136. The van der Waals surface area contributed by atoms with E-state index in [1.165, 1.54) is 30.3 Å². The fourth-order valence-corrected chi connectivity index (χ4v) is 4.61. The molecule has 1 amide bonds. The maximum absolute atomic E-state index is 12.9. The summed E-state index contributed by atoms with van der Waals surface area (Å²) in [5.41, 5.74) is 7.80. The van der Waals surface area contributed by atoms with Gasteiger partial charge in [0.15, 0.2) is 0 Å². The van der Waals surface area contributed by atoms with Gasteiger partial charge in [-0.3, -0.25) is 10.2 Å². The van der Waals surface area contributed by atoms with E-state index in [-0.39, 0.29) is 18.0 Å². The molecule has 3 unspecified atom stereocenters. The molecule has 3 heterocycles. The average Bonchev–Trinajstić information content (AvgIpc) is 3.29. The van der Waals surface area contributed by atoms with Crippen molar-refractivity contribution in [1.82, 2.24) is 25.2 Å². The Hall–Kier alpha value is -1.89. The molecule has 0 radical (unpaired) electrons. The van der Waals surface area contributed by atoms with Gasteiger partial charge < -0.3 is 14.4 Å². The number of carbonyl (C=O) groups excluding carboxylic acids is 1. The van der Waals surface area contributed by atoms with Crippen LogP contribution >= 0.6 is 0 Å². The topological polar surface area (TPSA) is 52.5 Å². The maximum atomic E-state index is 12.9. The van der Waals surface area contributed by atoms with Crippen molar-refractivity contribution in [2.24, 2.45) is 5.92 Å². The lowest BCUT2D eigenvalue weighted by Gasteiger charge is -2.33. The molecule has 1 aromatic heterocycles. The Morgan fingerprint density at radius 3 is 2.96 bits per heavy atom. The third-order valence-corrected chi connectivity index (χ3v) is 6.01. The van der Waals surface area contributed by atoms with Crippen LogP contribution < -0.4 is 10.9 Å². The summed E-state index contributed by atoms with van der Waals surface area (Å²) in [7, 11) is 4.12. The van der Waals surface area contributed by atoms with E-state index in [2.05, 4.69) is 63.9 Å². The van der Waals surface area contributed by atoms with Crippen molar-refractivity contribution >= 4 is 16.8 Å². The van der Waals surface area contributed by atoms with Gasteiger partial charge in [-0.2, -0.15) is 0 Å². The smallest absolute Gasteiger partial charge is 0.240 e. The first-order valence-electron chi connectivity index (χ1n) is 10.1. The monoisotopic (exact) mass is 369 g/mol. The highest BCUT2D eigenvalue weighted by Crippen LogP contribution is 2.19. The summed E-state index contributed by atoms with van der Waals surface area (Å²) in [5.74, 6) is 0.796. The zero-order valence-corrected chi connectivity index (χ0v) is 16.4. The number of fused-ring (bicyclic) bond motifs is 1. The molecule has 2 saturated heterocycles. The molecule has 2 aromatic rings. The van der Waals surface area contributed by atoms with Crippen LogP contribution in [0, 0.1) is 5.92 Å². The molecule has 2 N–H and O–H groups in total. The first kappa shape index (κ1) is 18.5. The van der Waals surface area contributed by atoms with Crippen molar-refractivity contribution in [3.05, 3.63) is 36.5 Å². The molecule has 1 aromatic carbocycles. The van der Waals surface area contributed by atoms with Gasteiger partial charge in [0.05, 0.1) is 0 Å². The van der Waals surface area contributed by atoms with E-state index < -0.39 is 0 Å². The number of likely N-dealkylation sites (N-methyl/N-ethyl adjacent to an activating group) is 1. The number of piperidine rings is 1. The predicted molar refractivity (Wildman–Crippen MR) is 108 cm³/mol. The highest BCUT2D eigenvalue weighted by Gasteiger charge is 2.32. The van der Waals surface area contributed by atoms with Gasteiger partial charge in [-0.1, -0.05) is 18.2 Å². The Bertz CT molecular complexity index is 788. The number of nitrogens with one attached hydrogen (secondary N) is 2. The van der Waals surface area contributed by atoms with E-state index in [0.29, 0.717) is 5.92 Å². The number of nitrogens with zero attached hydrogens (tertiary/aromatic N) is 3. The van der Waals surface area contributed by atoms with E-state index in [9.17, 15) is 4.79 Å². The zero-order valence-electron chi connectivity index (χ0n) is 16.4. The lowest BCUT2D eigenvalue weighted by molar-refractivity contribution is -0.132. The van der Waals surface area contributed by atoms with Crippen LogP contribution in [0.3, 0.4) is 0 Å². The summed E-state index contributed by atoms with van der Waals surface area (Å²) >= 11 is 0. The summed E-state index contributed by atoms with van der Waals surface area (Å²) in [4.78, 5) is 17.2. The van der Waals surface area contributed by atoms with Crippen molar-refractivity contribution in [3.63, 3.8) is 0 Å². The maximum Gasteiger partial charge on any atom is 0.240 e. The van der Waals surface area contributed by atoms with Crippen molar-refractivity contribution in [1.29, 1.82) is 0 Å². The van der Waals surface area contributed by atoms with Crippen LogP contribution in [0.1, 0.15) is 19.3 Å². The van der Waals surface area contributed by atoms with Crippen LogP contribution in [-0.4, -0.2) is 66.1 Å². The zero-order chi connectivity index (χ0) is 18.8. The van der Waals surface area contributed by atoms with Gasteiger partial charge in [0.2, 0.25) is 5.91 Å². The number of para-hydroxylation sites is 1. The van der Waals surface area contributed by atoms with Gasteiger partial charge in [0, 0.05) is 44.4 Å². The van der Waals surface area contributed by atoms with E-state index in [1.807, 2.05) is 11.9 Å². The Kier molecular flexibility index (Phi) is 5.48. The van der Waals surface area contributed by atoms with E-state index in [0.717, 1.165) is 26.1 Å². The second kappa shape index (κ2) is 8.00. The number of carbonyl (C=O) groups is 1. The fraction of sp³-hybridized carbons (Fsp3) is 0.571. The Morgan fingerprint density at radius 1 is 1.26 bits per heavy atom. The molecule has 6 nitrogen and oxygen atoms in total. The SMILES string of the molecule is CN1CCCC(CN(C)C(=O)C2CC(Cn3ccc4ccccc43)NN2)C1. The number of hydrazine groups is 1.